The first kappa shape index (κ1) is 13.8. The van der Waals surface area contributed by atoms with Crippen LogP contribution in [0.2, 0.25) is 0 Å². The third-order valence-electron chi connectivity index (χ3n) is 4.55. The van der Waals surface area contributed by atoms with Crippen LogP contribution in [0.5, 0.6) is 0 Å². The van der Waals surface area contributed by atoms with Gasteiger partial charge in [0, 0.05) is 37.3 Å². The van der Waals surface area contributed by atoms with E-state index < -0.39 is 0 Å². The molecule has 2 atom stereocenters. The summed E-state index contributed by atoms with van der Waals surface area (Å²) in [5.74, 6) is 0.835. The van der Waals surface area contributed by atoms with Gasteiger partial charge in [0.25, 0.3) is 11.5 Å². The van der Waals surface area contributed by atoms with Gasteiger partial charge in [0.15, 0.2) is 10.4 Å². The second-order valence-corrected chi connectivity index (χ2v) is 6.79. The van der Waals surface area contributed by atoms with Crippen molar-refractivity contribution in [1.29, 1.82) is 0 Å². The Bertz CT molecular complexity index is 795. The molecule has 1 saturated heterocycles. The smallest absolute Gasteiger partial charge is 0.289 e. The average Bonchev–Trinajstić information content (AvgIpc) is 2.94. The van der Waals surface area contributed by atoms with Crippen molar-refractivity contribution >= 4 is 21.8 Å². The van der Waals surface area contributed by atoms with E-state index in [4.69, 9.17) is 4.42 Å². The van der Waals surface area contributed by atoms with E-state index in [1.54, 1.807) is 24.3 Å². The zero-order chi connectivity index (χ0) is 15.3. The molecule has 2 aromatic rings. The molecule has 4 heterocycles. The normalized spacial score (nSPS) is 23.2. The number of nitrogens with zero attached hydrogens (tertiary/aromatic N) is 2. The fourth-order valence-corrected chi connectivity index (χ4v) is 3.95. The van der Waals surface area contributed by atoms with E-state index in [2.05, 4.69) is 15.9 Å². The lowest BCUT2D eigenvalue weighted by atomic mass is 9.83. The van der Waals surface area contributed by atoms with Gasteiger partial charge in [-0.1, -0.05) is 6.07 Å². The molecule has 5 nitrogen and oxygen atoms in total. The van der Waals surface area contributed by atoms with Crippen molar-refractivity contribution in [3.8, 4) is 0 Å². The van der Waals surface area contributed by atoms with Crippen LogP contribution in [0.3, 0.4) is 0 Å². The standard InChI is InChI=1S/C16H15BrN2O3/c17-14-5-4-13(22-14)16(21)18-7-10-6-11(9-18)12-2-1-3-15(20)19(12)8-10/h1-5,10-11H,6-9H2/t10-,11-/m0/s1. The minimum atomic E-state index is -0.0767. The summed E-state index contributed by atoms with van der Waals surface area (Å²) in [7, 11) is 0. The molecule has 1 fully saturated rings. The molecule has 2 aliphatic rings. The molecule has 6 heteroatoms. The van der Waals surface area contributed by atoms with E-state index in [0.29, 0.717) is 36.0 Å². The molecule has 0 radical (unpaired) electrons. The van der Waals surface area contributed by atoms with Crippen LogP contribution in [0, 0.1) is 5.92 Å². The summed E-state index contributed by atoms with van der Waals surface area (Å²) in [6.45, 7) is 2.00. The molecular weight excluding hydrogens is 348 g/mol. The quantitative estimate of drug-likeness (QED) is 0.782. The third-order valence-corrected chi connectivity index (χ3v) is 4.98. The first-order chi connectivity index (χ1) is 10.6. The Morgan fingerprint density at radius 1 is 1.18 bits per heavy atom. The predicted octanol–water partition coefficient (Wildman–Crippen LogP) is 2.46. The maximum atomic E-state index is 12.6. The Balaban J connectivity index is 1.64. The largest absolute Gasteiger partial charge is 0.444 e. The molecule has 114 valence electrons. The van der Waals surface area contributed by atoms with Gasteiger partial charge < -0.3 is 13.9 Å². The van der Waals surface area contributed by atoms with E-state index in [-0.39, 0.29) is 17.4 Å². The van der Waals surface area contributed by atoms with Crippen molar-refractivity contribution in [2.75, 3.05) is 13.1 Å². The number of likely N-dealkylation sites (tertiary alicyclic amines) is 1. The number of amides is 1. The molecular formula is C16H15BrN2O3. The lowest BCUT2D eigenvalue weighted by Crippen LogP contribution is -2.49. The molecule has 0 N–H and O–H groups in total. The van der Waals surface area contributed by atoms with Crippen molar-refractivity contribution in [3.63, 3.8) is 0 Å². The monoisotopic (exact) mass is 362 g/mol. The topological polar surface area (TPSA) is 55.5 Å². The maximum Gasteiger partial charge on any atom is 0.289 e. The molecule has 2 aliphatic heterocycles. The number of hydrogen-bond donors (Lipinski definition) is 0. The van der Waals surface area contributed by atoms with Gasteiger partial charge in [-0.05, 0) is 46.5 Å². The van der Waals surface area contributed by atoms with Crippen molar-refractivity contribution in [3.05, 3.63) is 56.8 Å². The van der Waals surface area contributed by atoms with Gasteiger partial charge in [0.2, 0.25) is 0 Å². The molecule has 0 aliphatic carbocycles. The number of carbonyl (C=O) groups excluding carboxylic acids is 1. The Labute approximate surface area is 135 Å². The predicted molar refractivity (Wildman–Crippen MR) is 83.9 cm³/mol. The number of aromatic nitrogens is 1. The summed E-state index contributed by atoms with van der Waals surface area (Å²) in [4.78, 5) is 26.4. The first-order valence-corrected chi connectivity index (χ1v) is 8.15. The SMILES string of the molecule is O=C(c1ccc(Br)o1)N1C[C@@H]2C[C@@H](C1)c1cccc(=O)n1C2. The highest BCUT2D eigenvalue weighted by molar-refractivity contribution is 9.10. The van der Waals surface area contributed by atoms with Crippen molar-refractivity contribution < 1.29 is 9.21 Å². The minimum Gasteiger partial charge on any atom is -0.444 e. The van der Waals surface area contributed by atoms with Gasteiger partial charge in [-0.25, -0.2) is 0 Å². The second kappa shape index (κ2) is 5.12. The second-order valence-electron chi connectivity index (χ2n) is 6.01. The highest BCUT2D eigenvalue weighted by atomic mass is 79.9. The number of fused-ring (bicyclic) bond motifs is 4. The Morgan fingerprint density at radius 2 is 2.05 bits per heavy atom. The summed E-state index contributed by atoms with van der Waals surface area (Å²) in [5.41, 5.74) is 1.10. The van der Waals surface area contributed by atoms with E-state index in [0.717, 1.165) is 12.1 Å². The molecule has 0 saturated carbocycles. The van der Waals surface area contributed by atoms with Crippen LogP contribution in [0.4, 0.5) is 0 Å². The van der Waals surface area contributed by atoms with Crippen LogP contribution in [0.25, 0.3) is 0 Å². The molecule has 0 spiro atoms. The lowest BCUT2D eigenvalue weighted by molar-refractivity contribution is 0.0562. The minimum absolute atomic E-state index is 0.0574. The van der Waals surface area contributed by atoms with E-state index in [1.165, 1.54) is 0 Å². The number of piperidine rings is 1. The van der Waals surface area contributed by atoms with Gasteiger partial charge in [-0.15, -0.1) is 0 Å². The molecule has 22 heavy (non-hydrogen) atoms. The summed E-state index contributed by atoms with van der Waals surface area (Å²) in [6, 6.07) is 8.83. The van der Waals surface area contributed by atoms with Crippen molar-refractivity contribution in [2.45, 2.75) is 18.9 Å². The van der Waals surface area contributed by atoms with Crippen LogP contribution < -0.4 is 5.56 Å². The van der Waals surface area contributed by atoms with Crippen LogP contribution in [0.1, 0.15) is 28.6 Å². The number of hydrogen-bond acceptors (Lipinski definition) is 3. The van der Waals surface area contributed by atoms with Gasteiger partial charge >= 0.3 is 0 Å². The number of halogens is 1. The Kier molecular flexibility index (Phi) is 3.22. The fourth-order valence-electron chi connectivity index (χ4n) is 3.65. The van der Waals surface area contributed by atoms with Crippen LogP contribution >= 0.6 is 15.9 Å². The summed E-state index contributed by atoms with van der Waals surface area (Å²) < 4.78 is 7.80. The zero-order valence-corrected chi connectivity index (χ0v) is 13.5. The number of furan rings is 1. The van der Waals surface area contributed by atoms with E-state index in [1.807, 2.05) is 15.5 Å². The highest BCUT2D eigenvalue weighted by Crippen LogP contribution is 2.35. The van der Waals surface area contributed by atoms with Crippen LogP contribution in [-0.2, 0) is 6.54 Å². The number of pyridine rings is 1. The maximum absolute atomic E-state index is 12.6. The third kappa shape index (κ3) is 2.22. The van der Waals surface area contributed by atoms with Gasteiger partial charge in [0.1, 0.15) is 0 Å². The van der Waals surface area contributed by atoms with Crippen molar-refractivity contribution in [1.82, 2.24) is 9.47 Å². The molecule has 0 unspecified atom stereocenters. The number of rotatable bonds is 1. The van der Waals surface area contributed by atoms with Gasteiger partial charge in [0.05, 0.1) is 0 Å². The zero-order valence-electron chi connectivity index (χ0n) is 11.9. The van der Waals surface area contributed by atoms with E-state index in [9.17, 15) is 9.59 Å². The van der Waals surface area contributed by atoms with Crippen LogP contribution in [-0.4, -0.2) is 28.5 Å². The fraction of sp³-hybridized carbons (Fsp3) is 0.375. The molecule has 1 amide bonds. The molecule has 2 aromatic heterocycles. The van der Waals surface area contributed by atoms with Gasteiger partial charge in [-0.3, -0.25) is 9.59 Å². The molecule has 4 rings (SSSR count). The Hall–Kier alpha value is -1.82. The summed E-state index contributed by atoms with van der Waals surface area (Å²) >= 11 is 3.23. The van der Waals surface area contributed by atoms with Crippen LogP contribution in [0.15, 0.2) is 44.2 Å². The van der Waals surface area contributed by atoms with Crippen molar-refractivity contribution in [2.24, 2.45) is 5.92 Å². The lowest BCUT2D eigenvalue weighted by Gasteiger charge is -2.42. The first-order valence-electron chi connectivity index (χ1n) is 7.36. The average molecular weight is 363 g/mol. The van der Waals surface area contributed by atoms with E-state index >= 15 is 0 Å². The molecule has 2 bridgehead atoms. The summed E-state index contributed by atoms with van der Waals surface area (Å²) in [5, 5.41) is 0. The summed E-state index contributed by atoms with van der Waals surface area (Å²) in [6.07, 6.45) is 1.04. The Morgan fingerprint density at radius 3 is 2.82 bits per heavy atom. The number of carbonyl (C=O) groups is 1. The molecule has 0 aromatic carbocycles. The highest BCUT2D eigenvalue weighted by Gasteiger charge is 2.37. The van der Waals surface area contributed by atoms with Gasteiger partial charge in [-0.2, -0.15) is 0 Å².